The molecule has 0 aromatic heterocycles. The first-order valence-corrected chi connectivity index (χ1v) is 13.1. The summed E-state index contributed by atoms with van der Waals surface area (Å²) in [7, 11) is 1.57. The summed E-state index contributed by atoms with van der Waals surface area (Å²) in [5, 5.41) is 13.4. The van der Waals surface area contributed by atoms with E-state index in [9.17, 15) is 14.7 Å². The van der Waals surface area contributed by atoms with Crippen LogP contribution in [0, 0.1) is 5.92 Å². The van der Waals surface area contributed by atoms with Crippen molar-refractivity contribution >= 4 is 11.9 Å². The van der Waals surface area contributed by atoms with Crippen LogP contribution >= 0.6 is 0 Å². The summed E-state index contributed by atoms with van der Waals surface area (Å²) in [6.07, 6.45) is 5.26. The highest BCUT2D eigenvalue weighted by molar-refractivity contribution is 5.79. The maximum atomic E-state index is 12.3. The third-order valence-corrected chi connectivity index (χ3v) is 6.89. The zero-order valence-electron chi connectivity index (χ0n) is 22.4. The van der Waals surface area contributed by atoms with Gasteiger partial charge in [0.2, 0.25) is 12.7 Å². The Hall–Kier alpha value is -3.26. The second-order valence-corrected chi connectivity index (χ2v) is 9.43. The topological polar surface area (TPSA) is 97.3 Å². The van der Waals surface area contributed by atoms with Gasteiger partial charge in [-0.3, -0.25) is 9.59 Å². The van der Waals surface area contributed by atoms with Crippen molar-refractivity contribution in [3.8, 4) is 17.2 Å². The summed E-state index contributed by atoms with van der Waals surface area (Å²) >= 11 is 0. The van der Waals surface area contributed by atoms with Crippen molar-refractivity contribution in [1.82, 2.24) is 10.2 Å². The van der Waals surface area contributed by atoms with E-state index in [1.807, 2.05) is 24.3 Å². The number of carboxylic acid groups (broad SMARTS) is 1. The molecule has 3 unspecified atom stereocenters. The fourth-order valence-electron chi connectivity index (χ4n) is 4.86. The van der Waals surface area contributed by atoms with Crippen LogP contribution in [0.4, 0.5) is 0 Å². The standard InChI is InChI=1S/C21H21NO6.C8H19N/c1-12(23)22-10-16(14-5-8-17-18(9-14)28-11-27-17)19(21(24)25)20(22)13-3-6-15(26-2)7-4-13;1-3-5-7-9-8-6-4-2/h3-9,16,19-20H,10-11H2,1-2H3,(H,24,25);9H,3-8H2,1-2H3. The molecule has 8 nitrogen and oxygen atoms in total. The molecule has 0 aliphatic carbocycles. The molecule has 1 fully saturated rings. The van der Waals surface area contributed by atoms with Crippen LogP contribution in [0.1, 0.15) is 69.5 Å². The molecule has 8 heteroatoms. The summed E-state index contributed by atoms with van der Waals surface area (Å²) in [4.78, 5) is 26.3. The van der Waals surface area contributed by atoms with Gasteiger partial charge in [0.05, 0.1) is 19.1 Å². The maximum absolute atomic E-state index is 12.3. The lowest BCUT2D eigenvalue weighted by Crippen LogP contribution is -2.31. The van der Waals surface area contributed by atoms with Gasteiger partial charge < -0.3 is 29.5 Å². The summed E-state index contributed by atoms with van der Waals surface area (Å²) in [5.41, 5.74) is 1.59. The van der Waals surface area contributed by atoms with Crippen molar-refractivity contribution in [3.63, 3.8) is 0 Å². The molecule has 2 aromatic rings. The first kappa shape index (κ1) is 28.3. The van der Waals surface area contributed by atoms with Gasteiger partial charge in [0, 0.05) is 19.4 Å². The van der Waals surface area contributed by atoms with Crippen LogP contribution in [0.25, 0.3) is 0 Å². The van der Waals surface area contributed by atoms with E-state index in [0.29, 0.717) is 23.8 Å². The predicted molar refractivity (Wildman–Crippen MR) is 142 cm³/mol. The van der Waals surface area contributed by atoms with Crippen molar-refractivity contribution in [2.75, 3.05) is 33.5 Å². The maximum Gasteiger partial charge on any atom is 0.309 e. The normalized spacial score (nSPS) is 19.8. The van der Waals surface area contributed by atoms with Crippen molar-refractivity contribution in [1.29, 1.82) is 0 Å². The van der Waals surface area contributed by atoms with Gasteiger partial charge in [-0.1, -0.05) is 44.9 Å². The third kappa shape index (κ3) is 7.16. The largest absolute Gasteiger partial charge is 0.497 e. The number of benzene rings is 2. The average Bonchev–Trinajstić information content (AvgIpc) is 3.54. The van der Waals surface area contributed by atoms with Gasteiger partial charge in [-0.15, -0.1) is 0 Å². The number of ether oxygens (including phenoxy) is 3. The fraction of sp³-hybridized carbons (Fsp3) is 0.517. The number of amides is 1. The van der Waals surface area contributed by atoms with Crippen molar-refractivity contribution in [2.45, 2.75) is 58.4 Å². The molecule has 2 N–H and O–H groups in total. The molecule has 2 aliphatic rings. The third-order valence-electron chi connectivity index (χ3n) is 6.89. The Balaban J connectivity index is 0.000000364. The Morgan fingerprint density at radius 2 is 1.62 bits per heavy atom. The zero-order chi connectivity index (χ0) is 26.8. The van der Waals surface area contributed by atoms with Gasteiger partial charge in [0.15, 0.2) is 11.5 Å². The zero-order valence-corrected chi connectivity index (χ0v) is 22.4. The molecule has 0 bridgehead atoms. The lowest BCUT2D eigenvalue weighted by molar-refractivity contribution is -0.143. The number of fused-ring (bicyclic) bond motifs is 1. The number of nitrogens with one attached hydrogen (secondary N) is 1. The molecule has 202 valence electrons. The molecule has 4 rings (SSSR count). The number of methoxy groups -OCH3 is 1. The quantitative estimate of drug-likeness (QED) is 0.433. The van der Waals surface area contributed by atoms with Gasteiger partial charge in [-0.25, -0.2) is 0 Å². The fourth-order valence-corrected chi connectivity index (χ4v) is 4.86. The number of unbranched alkanes of at least 4 members (excludes halogenated alkanes) is 2. The lowest BCUT2D eigenvalue weighted by Gasteiger charge is -2.26. The first-order valence-electron chi connectivity index (χ1n) is 13.1. The van der Waals surface area contributed by atoms with E-state index in [2.05, 4.69) is 19.2 Å². The number of carbonyl (C=O) groups excluding carboxylic acids is 1. The summed E-state index contributed by atoms with van der Waals surface area (Å²) in [6.45, 7) is 8.80. The molecule has 2 aromatic carbocycles. The number of nitrogens with zero attached hydrogens (tertiary/aromatic N) is 1. The molecule has 0 saturated carbocycles. The van der Waals surface area contributed by atoms with E-state index in [4.69, 9.17) is 14.2 Å². The average molecular weight is 513 g/mol. The number of carboxylic acids is 1. The molecule has 2 heterocycles. The van der Waals surface area contributed by atoms with Gasteiger partial charge >= 0.3 is 5.97 Å². The summed E-state index contributed by atoms with van der Waals surface area (Å²) in [5.74, 6) is -0.314. The van der Waals surface area contributed by atoms with Crippen LogP contribution in [0.15, 0.2) is 42.5 Å². The van der Waals surface area contributed by atoms with E-state index < -0.39 is 17.9 Å². The highest BCUT2D eigenvalue weighted by atomic mass is 16.7. The second-order valence-electron chi connectivity index (χ2n) is 9.43. The number of aliphatic carboxylic acids is 1. The Bertz CT molecular complexity index is 1020. The van der Waals surface area contributed by atoms with Crippen molar-refractivity contribution in [3.05, 3.63) is 53.6 Å². The number of rotatable bonds is 10. The highest BCUT2D eigenvalue weighted by Gasteiger charge is 2.48. The molecular formula is C29H40N2O6. The summed E-state index contributed by atoms with van der Waals surface area (Å²) in [6, 6.07) is 12.1. The van der Waals surface area contributed by atoms with E-state index in [1.54, 1.807) is 30.2 Å². The number of carbonyl (C=O) groups is 2. The van der Waals surface area contributed by atoms with Crippen LogP contribution < -0.4 is 19.5 Å². The lowest BCUT2D eigenvalue weighted by atomic mass is 9.82. The van der Waals surface area contributed by atoms with Gasteiger partial charge in [0.1, 0.15) is 5.75 Å². The number of likely N-dealkylation sites (tertiary alicyclic amines) is 1. The van der Waals surface area contributed by atoms with Crippen LogP contribution in [-0.2, 0) is 9.59 Å². The SMILES string of the molecule is CCCCNCCCC.COc1ccc(C2C(C(=O)O)C(c3ccc4c(c3)OCO4)CN2C(C)=O)cc1. The van der Waals surface area contributed by atoms with E-state index in [0.717, 1.165) is 11.1 Å². The first-order chi connectivity index (χ1) is 17.9. The molecule has 2 aliphatic heterocycles. The minimum atomic E-state index is -0.938. The van der Waals surface area contributed by atoms with E-state index in [-0.39, 0.29) is 18.6 Å². The van der Waals surface area contributed by atoms with Crippen LogP contribution in [0.5, 0.6) is 17.2 Å². The monoisotopic (exact) mass is 512 g/mol. The number of hydrogen-bond acceptors (Lipinski definition) is 6. The molecule has 37 heavy (non-hydrogen) atoms. The van der Waals surface area contributed by atoms with E-state index in [1.165, 1.54) is 45.7 Å². The second kappa shape index (κ2) is 13.9. The molecule has 0 spiro atoms. The molecule has 3 atom stereocenters. The smallest absolute Gasteiger partial charge is 0.309 e. The Morgan fingerprint density at radius 1 is 1.00 bits per heavy atom. The van der Waals surface area contributed by atoms with Gasteiger partial charge in [-0.2, -0.15) is 0 Å². The molecule has 0 radical (unpaired) electrons. The highest BCUT2D eigenvalue weighted by Crippen LogP contribution is 2.47. The van der Waals surface area contributed by atoms with Crippen molar-refractivity contribution < 1.29 is 28.9 Å². The van der Waals surface area contributed by atoms with Gasteiger partial charge in [0.25, 0.3) is 0 Å². The minimum absolute atomic E-state index is 0.153. The predicted octanol–water partition coefficient (Wildman–Crippen LogP) is 4.99. The molecule has 1 saturated heterocycles. The Kier molecular flexibility index (Phi) is 10.6. The van der Waals surface area contributed by atoms with Crippen LogP contribution in [-0.4, -0.2) is 55.4 Å². The molecular weight excluding hydrogens is 472 g/mol. The van der Waals surface area contributed by atoms with Crippen LogP contribution in [0.3, 0.4) is 0 Å². The van der Waals surface area contributed by atoms with Crippen LogP contribution in [0.2, 0.25) is 0 Å². The number of hydrogen-bond donors (Lipinski definition) is 2. The van der Waals surface area contributed by atoms with Crippen molar-refractivity contribution in [2.24, 2.45) is 5.92 Å². The summed E-state index contributed by atoms with van der Waals surface area (Å²) < 4.78 is 16.0. The van der Waals surface area contributed by atoms with Gasteiger partial charge in [-0.05, 0) is 61.3 Å². The van der Waals surface area contributed by atoms with E-state index >= 15 is 0 Å². The Morgan fingerprint density at radius 3 is 2.19 bits per heavy atom. The minimum Gasteiger partial charge on any atom is -0.497 e. The molecule has 1 amide bonds. The Labute approximate surface area is 219 Å².